The van der Waals surface area contributed by atoms with E-state index in [2.05, 4.69) is 5.16 Å². The molecule has 0 aliphatic carbocycles. The largest absolute Gasteiger partial charge is 0.494 e. The highest BCUT2D eigenvalue weighted by molar-refractivity contribution is 6.32. The Hall–Kier alpha value is -2.40. The molecule has 0 aliphatic heterocycles. The van der Waals surface area contributed by atoms with Gasteiger partial charge in [0.1, 0.15) is 17.2 Å². The van der Waals surface area contributed by atoms with E-state index < -0.39 is 0 Å². The zero-order chi connectivity index (χ0) is 15.2. The average molecular weight is 307 g/mol. The summed E-state index contributed by atoms with van der Waals surface area (Å²) in [6.45, 7) is 2.49. The molecule has 0 unspecified atom stereocenters. The summed E-state index contributed by atoms with van der Waals surface area (Å²) in [4.78, 5) is 0. The lowest BCUT2D eigenvalue weighted by atomic mass is 10.2. The molecule has 0 heterocycles. The summed E-state index contributed by atoms with van der Waals surface area (Å²) in [5.41, 5.74) is 6.01. The average Bonchev–Trinajstić information content (AvgIpc) is 2.49. The Labute approximate surface area is 127 Å². The summed E-state index contributed by atoms with van der Waals surface area (Å²) < 4.78 is 11.1. The second-order valence-electron chi connectivity index (χ2n) is 4.14. The lowest BCUT2D eigenvalue weighted by Gasteiger charge is -2.10. The Bertz CT molecular complexity index is 659. The predicted molar refractivity (Wildman–Crippen MR) is 81.6 cm³/mol. The maximum absolute atomic E-state index is 8.64. The summed E-state index contributed by atoms with van der Waals surface area (Å²) in [5, 5.41) is 11.9. The second-order valence-corrected chi connectivity index (χ2v) is 4.55. The van der Waals surface area contributed by atoms with Gasteiger partial charge < -0.3 is 20.4 Å². The van der Waals surface area contributed by atoms with Crippen molar-refractivity contribution in [1.82, 2.24) is 0 Å². The van der Waals surface area contributed by atoms with Crippen LogP contribution in [-0.2, 0) is 0 Å². The minimum Gasteiger partial charge on any atom is -0.494 e. The third-order valence-corrected chi connectivity index (χ3v) is 2.98. The normalized spacial score (nSPS) is 11.2. The van der Waals surface area contributed by atoms with Crippen molar-refractivity contribution in [3.05, 3.63) is 53.1 Å². The first-order chi connectivity index (χ1) is 10.1. The van der Waals surface area contributed by atoms with Gasteiger partial charge in [0.2, 0.25) is 0 Å². The highest BCUT2D eigenvalue weighted by Gasteiger charge is 2.07. The quantitative estimate of drug-likeness (QED) is 0.383. The molecule has 0 bridgehead atoms. The van der Waals surface area contributed by atoms with E-state index in [0.717, 1.165) is 5.75 Å². The van der Waals surface area contributed by atoms with Crippen molar-refractivity contribution >= 4 is 17.4 Å². The van der Waals surface area contributed by atoms with Gasteiger partial charge in [0.25, 0.3) is 0 Å². The highest BCUT2D eigenvalue weighted by Crippen LogP contribution is 2.31. The number of rotatable bonds is 5. The number of hydrogen-bond donors (Lipinski definition) is 2. The molecule has 0 aromatic heterocycles. The monoisotopic (exact) mass is 306 g/mol. The molecule has 0 aliphatic rings. The van der Waals surface area contributed by atoms with Crippen LogP contribution in [0.25, 0.3) is 0 Å². The van der Waals surface area contributed by atoms with Crippen molar-refractivity contribution in [3.8, 4) is 17.2 Å². The molecule has 6 heteroatoms. The number of nitrogens with two attached hydrogens (primary N) is 1. The van der Waals surface area contributed by atoms with Gasteiger partial charge in [-0.1, -0.05) is 22.8 Å². The lowest BCUT2D eigenvalue weighted by Crippen LogP contribution is -2.12. The van der Waals surface area contributed by atoms with Crippen molar-refractivity contribution in [1.29, 1.82) is 0 Å². The van der Waals surface area contributed by atoms with Gasteiger partial charge in [-0.25, -0.2) is 0 Å². The van der Waals surface area contributed by atoms with Crippen LogP contribution in [0, 0.1) is 0 Å². The molecular formula is C15H15ClN2O3. The van der Waals surface area contributed by atoms with E-state index in [0.29, 0.717) is 28.7 Å². The van der Waals surface area contributed by atoms with Crippen LogP contribution < -0.4 is 15.2 Å². The smallest absolute Gasteiger partial charge is 0.170 e. The lowest BCUT2D eigenvalue weighted by molar-refractivity contribution is 0.318. The fourth-order valence-electron chi connectivity index (χ4n) is 1.72. The van der Waals surface area contributed by atoms with Gasteiger partial charge >= 0.3 is 0 Å². The van der Waals surface area contributed by atoms with Crippen LogP contribution in [0.15, 0.2) is 47.6 Å². The fraction of sp³-hybridized carbons (Fsp3) is 0.133. The van der Waals surface area contributed by atoms with Crippen molar-refractivity contribution in [3.63, 3.8) is 0 Å². The first-order valence-corrected chi connectivity index (χ1v) is 6.70. The minimum atomic E-state index is -0.0122. The molecule has 2 aromatic rings. The van der Waals surface area contributed by atoms with E-state index in [1.165, 1.54) is 0 Å². The maximum Gasteiger partial charge on any atom is 0.170 e. The van der Waals surface area contributed by atoms with Crippen molar-refractivity contribution in [2.45, 2.75) is 6.92 Å². The first kappa shape index (κ1) is 15.0. The molecule has 21 heavy (non-hydrogen) atoms. The summed E-state index contributed by atoms with van der Waals surface area (Å²) >= 11 is 6.13. The van der Waals surface area contributed by atoms with Gasteiger partial charge in [0.05, 0.1) is 11.6 Å². The number of hydrogen-bond acceptors (Lipinski definition) is 4. The van der Waals surface area contributed by atoms with Crippen molar-refractivity contribution in [2.24, 2.45) is 10.9 Å². The van der Waals surface area contributed by atoms with E-state index >= 15 is 0 Å². The van der Waals surface area contributed by atoms with Crippen LogP contribution >= 0.6 is 11.6 Å². The van der Waals surface area contributed by atoms with E-state index in [4.69, 9.17) is 32.0 Å². The van der Waals surface area contributed by atoms with E-state index in [-0.39, 0.29) is 5.84 Å². The molecule has 110 valence electrons. The Morgan fingerprint density at radius 1 is 1.24 bits per heavy atom. The second kappa shape index (κ2) is 6.85. The van der Waals surface area contributed by atoms with Crippen molar-refractivity contribution < 1.29 is 14.7 Å². The van der Waals surface area contributed by atoms with Gasteiger partial charge in [-0.2, -0.15) is 0 Å². The van der Waals surface area contributed by atoms with E-state index in [1.54, 1.807) is 30.3 Å². The number of oxime groups is 1. The Kier molecular flexibility index (Phi) is 4.90. The summed E-state index contributed by atoms with van der Waals surface area (Å²) in [7, 11) is 0. The van der Waals surface area contributed by atoms with Crippen LogP contribution in [0.5, 0.6) is 17.2 Å². The Morgan fingerprint density at radius 2 is 2.00 bits per heavy atom. The number of benzene rings is 2. The van der Waals surface area contributed by atoms with E-state index in [1.807, 2.05) is 19.1 Å². The third-order valence-electron chi connectivity index (χ3n) is 2.68. The Morgan fingerprint density at radius 3 is 2.67 bits per heavy atom. The zero-order valence-corrected chi connectivity index (χ0v) is 12.2. The third kappa shape index (κ3) is 3.79. The Balaban J connectivity index is 2.22. The maximum atomic E-state index is 8.64. The van der Waals surface area contributed by atoms with Crippen LogP contribution in [0.2, 0.25) is 5.02 Å². The topological polar surface area (TPSA) is 77.1 Å². The number of halogens is 1. The molecule has 0 amide bonds. The van der Waals surface area contributed by atoms with Gasteiger partial charge in [-0.15, -0.1) is 0 Å². The molecule has 0 spiro atoms. The fourth-order valence-corrected chi connectivity index (χ4v) is 1.94. The molecule has 5 nitrogen and oxygen atoms in total. The first-order valence-electron chi connectivity index (χ1n) is 6.32. The molecule has 2 rings (SSSR count). The van der Waals surface area contributed by atoms with Crippen LogP contribution in [0.1, 0.15) is 12.5 Å². The molecule has 0 saturated heterocycles. The molecule has 0 fully saturated rings. The molecule has 0 radical (unpaired) electrons. The summed E-state index contributed by atoms with van der Waals surface area (Å²) in [6, 6.07) is 12.1. The minimum absolute atomic E-state index is 0.0122. The molecule has 0 saturated carbocycles. The van der Waals surface area contributed by atoms with Crippen LogP contribution in [-0.4, -0.2) is 17.6 Å². The van der Waals surface area contributed by atoms with E-state index in [9.17, 15) is 0 Å². The molecule has 3 N–H and O–H groups in total. The van der Waals surface area contributed by atoms with Gasteiger partial charge in [0.15, 0.2) is 5.84 Å². The number of nitrogens with zero attached hydrogens (tertiary/aromatic N) is 1. The predicted octanol–water partition coefficient (Wildman–Crippen LogP) is 3.63. The standard InChI is InChI=1S/C15H15ClN2O3/c1-2-20-11-4-3-5-12(9-11)21-14-7-6-10(8-13(14)16)15(17)18-19/h3-9,19H,2H2,1H3,(H2,17,18). The van der Waals surface area contributed by atoms with Gasteiger partial charge in [-0.05, 0) is 37.3 Å². The van der Waals surface area contributed by atoms with Gasteiger partial charge in [0, 0.05) is 11.6 Å². The van der Waals surface area contributed by atoms with Crippen LogP contribution in [0.4, 0.5) is 0 Å². The number of ether oxygens (including phenoxy) is 2. The molecule has 2 aromatic carbocycles. The number of amidine groups is 1. The van der Waals surface area contributed by atoms with Crippen molar-refractivity contribution in [2.75, 3.05) is 6.61 Å². The highest BCUT2D eigenvalue weighted by atomic mass is 35.5. The molecular weight excluding hydrogens is 292 g/mol. The summed E-state index contributed by atoms with van der Waals surface area (Å²) in [6.07, 6.45) is 0. The SMILES string of the molecule is CCOc1cccc(Oc2ccc(C(N)=NO)cc2Cl)c1. The summed E-state index contributed by atoms with van der Waals surface area (Å²) in [5.74, 6) is 1.79. The molecule has 0 atom stereocenters. The zero-order valence-electron chi connectivity index (χ0n) is 11.4. The van der Waals surface area contributed by atoms with Crippen LogP contribution in [0.3, 0.4) is 0 Å². The van der Waals surface area contributed by atoms with Gasteiger partial charge in [-0.3, -0.25) is 0 Å².